The van der Waals surface area contributed by atoms with Gasteiger partial charge in [-0.15, -0.1) is 11.6 Å². The zero-order valence-corrected chi connectivity index (χ0v) is 14.5. The average molecular weight is 357 g/mol. The van der Waals surface area contributed by atoms with Gasteiger partial charge in [-0.2, -0.15) is 4.31 Å². The van der Waals surface area contributed by atoms with Gasteiger partial charge in [-0.3, -0.25) is 4.79 Å². The van der Waals surface area contributed by atoms with Gasteiger partial charge in [-0.05, 0) is 19.4 Å². The summed E-state index contributed by atoms with van der Waals surface area (Å²) < 4.78 is 30.9. The summed E-state index contributed by atoms with van der Waals surface area (Å²) >= 11 is 5.57. The van der Waals surface area contributed by atoms with Crippen LogP contribution in [-0.2, 0) is 19.6 Å². The molecular weight excluding hydrogens is 332 g/mol. The van der Waals surface area contributed by atoms with Crippen molar-refractivity contribution in [3.8, 4) is 0 Å². The molecule has 1 fully saturated rings. The maximum Gasteiger partial charge on any atom is 0.307 e. The minimum absolute atomic E-state index is 0.0258. The zero-order chi connectivity index (χ0) is 16.6. The Morgan fingerprint density at radius 1 is 1.45 bits per heavy atom. The van der Waals surface area contributed by atoms with E-state index < -0.39 is 16.0 Å². The second-order valence-electron chi connectivity index (χ2n) is 5.37. The Kier molecular flexibility index (Phi) is 8.63. The topological polar surface area (TPSA) is 87.2 Å². The summed E-state index contributed by atoms with van der Waals surface area (Å²) in [4.78, 5) is 12.9. The van der Waals surface area contributed by atoms with Crippen molar-refractivity contribution in [3.63, 3.8) is 0 Å². The third kappa shape index (κ3) is 6.37. The molecular formula is C13H25ClN2O5S. The van der Waals surface area contributed by atoms with E-state index in [-0.39, 0.29) is 11.7 Å². The first-order chi connectivity index (χ1) is 10.4. The molecule has 1 unspecified atom stereocenters. The summed E-state index contributed by atoms with van der Waals surface area (Å²) in [5, 5.41) is 8.99. The number of carboxylic acid groups (broad SMARTS) is 1. The van der Waals surface area contributed by atoms with Crippen LogP contribution in [0.4, 0.5) is 0 Å². The molecule has 1 heterocycles. The Morgan fingerprint density at radius 2 is 2.18 bits per heavy atom. The van der Waals surface area contributed by atoms with Gasteiger partial charge in [0.1, 0.15) is 0 Å². The average Bonchev–Trinajstić information content (AvgIpc) is 2.94. The minimum Gasteiger partial charge on any atom is -0.481 e. The number of alkyl halides is 1. The van der Waals surface area contributed by atoms with Crippen LogP contribution in [0.3, 0.4) is 0 Å². The van der Waals surface area contributed by atoms with Gasteiger partial charge >= 0.3 is 5.97 Å². The van der Waals surface area contributed by atoms with Gasteiger partial charge in [0.25, 0.3) is 0 Å². The first-order valence-corrected chi connectivity index (χ1v) is 9.53. The lowest BCUT2D eigenvalue weighted by atomic mass is 10.1. The quantitative estimate of drug-likeness (QED) is 0.536. The van der Waals surface area contributed by atoms with E-state index in [0.717, 1.165) is 0 Å². The first-order valence-electron chi connectivity index (χ1n) is 7.38. The highest BCUT2D eigenvalue weighted by Crippen LogP contribution is 2.16. The van der Waals surface area contributed by atoms with E-state index in [1.54, 1.807) is 0 Å². The van der Waals surface area contributed by atoms with Gasteiger partial charge in [-0.1, -0.05) is 0 Å². The number of rotatable bonds is 11. The molecule has 22 heavy (non-hydrogen) atoms. The van der Waals surface area contributed by atoms with Crippen molar-refractivity contribution in [2.75, 3.05) is 58.1 Å². The molecule has 0 aromatic heterocycles. The van der Waals surface area contributed by atoms with Gasteiger partial charge in [0, 0.05) is 39.2 Å². The number of ether oxygens (including phenoxy) is 1. The summed E-state index contributed by atoms with van der Waals surface area (Å²) in [6, 6.07) is 0. The van der Waals surface area contributed by atoms with Crippen LogP contribution < -0.4 is 0 Å². The summed E-state index contributed by atoms with van der Waals surface area (Å²) in [5.74, 6) is -0.796. The van der Waals surface area contributed by atoms with Crippen LogP contribution in [0.25, 0.3) is 0 Å². The van der Waals surface area contributed by atoms with Crippen molar-refractivity contribution in [2.45, 2.75) is 12.8 Å². The number of carboxylic acids is 1. The van der Waals surface area contributed by atoms with Crippen molar-refractivity contribution in [3.05, 3.63) is 0 Å². The van der Waals surface area contributed by atoms with Crippen molar-refractivity contribution in [1.82, 2.24) is 9.21 Å². The maximum absolute atomic E-state index is 12.3. The number of methoxy groups -OCH3 is 1. The van der Waals surface area contributed by atoms with Crippen LogP contribution in [0.2, 0.25) is 0 Å². The van der Waals surface area contributed by atoms with Crippen LogP contribution in [0.15, 0.2) is 0 Å². The molecule has 0 bridgehead atoms. The van der Waals surface area contributed by atoms with Crippen molar-refractivity contribution in [2.24, 2.45) is 5.92 Å². The van der Waals surface area contributed by atoms with E-state index in [0.29, 0.717) is 58.1 Å². The summed E-state index contributed by atoms with van der Waals surface area (Å²) in [5.41, 5.74) is 0. The second kappa shape index (κ2) is 9.67. The second-order valence-corrected chi connectivity index (χ2v) is 7.84. The molecule has 1 aliphatic rings. The molecule has 7 nitrogen and oxygen atoms in total. The Morgan fingerprint density at radius 3 is 2.73 bits per heavy atom. The van der Waals surface area contributed by atoms with E-state index >= 15 is 0 Å². The van der Waals surface area contributed by atoms with E-state index in [1.165, 1.54) is 11.4 Å². The number of likely N-dealkylation sites (tertiary alicyclic amines) is 1. The number of nitrogens with zero attached hydrogens (tertiary/aromatic N) is 2. The Balaban J connectivity index is 2.53. The molecule has 130 valence electrons. The highest BCUT2D eigenvalue weighted by molar-refractivity contribution is 7.89. The van der Waals surface area contributed by atoms with Crippen molar-refractivity contribution < 1.29 is 23.1 Å². The molecule has 1 N–H and O–H groups in total. The van der Waals surface area contributed by atoms with Gasteiger partial charge in [0.15, 0.2) is 0 Å². The highest BCUT2D eigenvalue weighted by atomic mass is 35.5. The van der Waals surface area contributed by atoms with Crippen LogP contribution in [0.5, 0.6) is 0 Å². The van der Waals surface area contributed by atoms with Crippen LogP contribution in [0, 0.1) is 5.92 Å². The van der Waals surface area contributed by atoms with E-state index in [9.17, 15) is 13.2 Å². The smallest absolute Gasteiger partial charge is 0.307 e. The molecule has 1 aliphatic heterocycles. The predicted molar refractivity (Wildman–Crippen MR) is 84.8 cm³/mol. The first kappa shape index (κ1) is 19.6. The predicted octanol–water partition coefficient (Wildman–Crippen LogP) is 0.300. The number of carbonyl (C=O) groups is 1. The molecule has 0 aliphatic carbocycles. The molecule has 0 aromatic rings. The normalized spacial score (nSPS) is 19.9. The number of halogens is 1. The summed E-state index contributed by atoms with van der Waals surface area (Å²) in [6.07, 6.45) is 1.03. The number of hydrogen-bond acceptors (Lipinski definition) is 5. The van der Waals surface area contributed by atoms with Crippen LogP contribution in [-0.4, -0.2) is 86.8 Å². The van der Waals surface area contributed by atoms with Gasteiger partial charge in [0.2, 0.25) is 10.0 Å². The Labute approximate surface area is 137 Å². The molecule has 1 rings (SSSR count). The molecule has 9 heteroatoms. The molecule has 0 radical (unpaired) electrons. The molecule has 0 saturated carbocycles. The number of sulfonamides is 1. The zero-order valence-electron chi connectivity index (χ0n) is 12.9. The third-order valence-electron chi connectivity index (χ3n) is 3.76. The van der Waals surface area contributed by atoms with E-state index in [4.69, 9.17) is 21.4 Å². The third-order valence-corrected chi connectivity index (χ3v) is 5.99. The lowest BCUT2D eigenvalue weighted by Gasteiger charge is -2.24. The van der Waals surface area contributed by atoms with Gasteiger partial charge in [-0.25, -0.2) is 8.42 Å². The molecule has 1 saturated heterocycles. The number of hydrogen-bond donors (Lipinski definition) is 1. The van der Waals surface area contributed by atoms with Gasteiger partial charge < -0.3 is 14.7 Å². The lowest BCUT2D eigenvalue weighted by molar-refractivity contribution is -0.141. The maximum atomic E-state index is 12.3. The Bertz CT molecular complexity index is 446. The fourth-order valence-corrected chi connectivity index (χ4v) is 4.21. The van der Waals surface area contributed by atoms with Gasteiger partial charge in [0.05, 0.1) is 18.3 Å². The lowest BCUT2D eigenvalue weighted by Crippen LogP contribution is -2.41. The molecule has 0 amide bonds. The summed E-state index contributed by atoms with van der Waals surface area (Å²) in [7, 11) is -1.82. The highest BCUT2D eigenvalue weighted by Gasteiger charge is 2.29. The van der Waals surface area contributed by atoms with Crippen LogP contribution in [0.1, 0.15) is 12.8 Å². The fourth-order valence-electron chi connectivity index (χ4n) is 2.44. The SMILES string of the molecule is COCCN(CCN1CCC(C(=O)O)C1)S(=O)(=O)CCCCl. The molecule has 1 atom stereocenters. The van der Waals surface area contributed by atoms with E-state index in [2.05, 4.69) is 0 Å². The van der Waals surface area contributed by atoms with Crippen molar-refractivity contribution in [1.29, 1.82) is 0 Å². The standard InChI is InChI=1S/C13H25ClN2O5S/c1-21-9-8-16(22(19,20)10-2-4-14)7-6-15-5-3-12(11-15)13(17)18/h12H,2-11H2,1H3,(H,17,18). The van der Waals surface area contributed by atoms with Crippen molar-refractivity contribution >= 4 is 27.6 Å². The largest absolute Gasteiger partial charge is 0.481 e. The number of aliphatic carboxylic acids is 1. The van der Waals surface area contributed by atoms with E-state index in [1.807, 2.05) is 4.90 Å². The van der Waals surface area contributed by atoms with Crippen LogP contribution >= 0.6 is 11.6 Å². The fraction of sp³-hybridized carbons (Fsp3) is 0.923. The minimum atomic E-state index is -3.35. The molecule has 0 aromatic carbocycles. The monoisotopic (exact) mass is 356 g/mol. The summed E-state index contributed by atoms with van der Waals surface area (Å²) in [6.45, 7) is 2.69. The molecule has 0 spiro atoms. The Hall–Kier alpha value is -0.410.